The summed E-state index contributed by atoms with van der Waals surface area (Å²) in [5.41, 5.74) is 4.29. The molecular formula is C20H19FN2O. The summed E-state index contributed by atoms with van der Waals surface area (Å²) in [6.07, 6.45) is 2.93. The third kappa shape index (κ3) is 2.92. The van der Waals surface area contributed by atoms with Crippen molar-refractivity contribution in [1.29, 1.82) is 0 Å². The van der Waals surface area contributed by atoms with Gasteiger partial charge in [-0.3, -0.25) is 4.79 Å². The van der Waals surface area contributed by atoms with Gasteiger partial charge in [-0.1, -0.05) is 30.3 Å². The van der Waals surface area contributed by atoms with Crippen molar-refractivity contribution in [2.24, 2.45) is 0 Å². The largest absolute Gasteiger partial charge is 0.358 e. The topological polar surface area (TPSA) is 44.9 Å². The summed E-state index contributed by atoms with van der Waals surface area (Å²) >= 11 is 0. The lowest BCUT2D eigenvalue weighted by atomic mass is 9.91. The van der Waals surface area contributed by atoms with E-state index in [1.54, 1.807) is 12.1 Å². The molecule has 0 spiro atoms. The SMILES string of the molecule is O=C(Cc1ccccc1)NC1CCc2[nH]c3ccc(F)cc3c2C1. The maximum Gasteiger partial charge on any atom is 0.224 e. The van der Waals surface area contributed by atoms with Crippen molar-refractivity contribution in [2.45, 2.75) is 31.7 Å². The van der Waals surface area contributed by atoms with Gasteiger partial charge >= 0.3 is 0 Å². The maximum atomic E-state index is 13.6. The van der Waals surface area contributed by atoms with Crippen LogP contribution in [0.1, 0.15) is 23.2 Å². The molecule has 1 unspecified atom stereocenters. The second kappa shape index (κ2) is 6.11. The van der Waals surface area contributed by atoms with Crippen LogP contribution in [0.25, 0.3) is 10.9 Å². The lowest BCUT2D eigenvalue weighted by Gasteiger charge is -2.23. The molecule has 1 heterocycles. The van der Waals surface area contributed by atoms with Gasteiger partial charge in [-0.2, -0.15) is 0 Å². The minimum absolute atomic E-state index is 0.0423. The Labute approximate surface area is 139 Å². The lowest BCUT2D eigenvalue weighted by Crippen LogP contribution is -2.39. The molecule has 1 aliphatic carbocycles. The first-order valence-corrected chi connectivity index (χ1v) is 8.31. The normalized spacial score (nSPS) is 16.8. The third-order valence-electron chi connectivity index (χ3n) is 4.72. The van der Waals surface area contributed by atoms with Gasteiger partial charge in [-0.15, -0.1) is 0 Å². The summed E-state index contributed by atoms with van der Waals surface area (Å²) in [6.45, 7) is 0. The van der Waals surface area contributed by atoms with Crippen LogP contribution in [0.5, 0.6) is 0 Å². The van der Waals surface area contributed by atoms with Crippen LogP contribution < -0.4 is 5.32 Å². The first-order chi connectivity index (χ1) is 11.7. The number of halogens is 1. The second-order valence-electron chi connectivity index (χ2n) is 6.44. The van der Waals surface area contributed by atoms with E-state index in [-0.39, 0.29) is 17.8 Å². The molecule has 122 valence electrons. The molecule has 3 aromatic rings. The Balaban J connectivity index is 1.49. The predicted octanol–water partition coefficient (Wildman–Crippen LogP) is 3.52. The van der Waals surface area contributed by atoms with E-state index in [1.165, 1.54) is 11.8 Å². The monoisotopic (exact) mass is 322 g/mol. The fourth-order valence-corrected chi connectivity index (χ4v) is 3.57. The number of aryl methyl sites for hydroxylation is 1. The Hall–Kier alpha value is -2.62. The van der Waals surface area contributed by atoms with Crippen LogP contribution in [-0.2, 0) is 24.1 Å². The summed E-state index contributed by atoms with van der Waals surface area (Å²) < 4.78 is 13.6. The third-order valence-corrected chi connectivity index (χ3v) is 4.72. The molecule has 0 radical (unpaired) electrons. The number of aromatic amines is 1. The van der Waals surface area contributed by atoms with Gasteiger partial charge in [0.2, 0.25) is 5.91 Å². The van der Waals surface area contributed by atoms with Crippen molar-refractivity contribution in [3.63, 3.8) is 0 Å². The molecule has 0 aliphatic heterocycles. The number of nitrogens with one attached hydrogen (secondary N) is 2. The Kier molecular flexibility index (Phi) is 3.81. The van der Waals surface area contributed by atoms with Gasteiger partial charge in [0.05, 0.1) is 6.42 Å². The van der Waals surface area contributed by atoms with Gasteiger partial charge in [-0.25, -0.2) is 4.39 Å². The van der Waals surface area contributed by atoms with Gasteiger partial charge in [-0.05, 0) is 48.6 Å². The van der Waals surface area contributed by atoms with E-state index in [9.17, 15) is 9.18 Å². The quantitative estimate of drug-likeness (QED) is 0.761. The fourth-order valence-electron chi connectivity index (χ4n) is 3.57. The summed E-state index contributed by atoms with van der Waals surface area (Å²) in [4.78, 5) is 15.6. The summed E-state index contributed by atoms with van der Waals surface area (Å²) in [5.74, 6) is -0.180. The molecule has 3 nitrogen and oxygen atoms in total. The molecule has 0 fully saturated rings. The highest BCUT2D eigenvalue weighted by molar-refractivity contribution is 5.85. The number of rotatable bonds is 3. The number of H-pyrrole nitrogens is 1. The average Bonchev–Trinajstić information content (AvgIpc) is 2.93. The number of fused-ring (bicyclic) bond motifs is 3. The van der Waals surface area contributed by atoms with Crippen LogP contribution in [-0.4, -0.2) is 16.9 Å². The van der Waals surface area contributed by atoms with Crippen LogP contribution in [0.4, 0.5) is 4.39 Å². The van der Waals surface area contributed by atoms with E-state index in [1.807, 2.05) is 30.3 Å². The van der Waals surface area contributed by atoms with E-state index in [4.69, 9.17) is 0 Å². The minimum Gasteiger partial charge on any atom is -0.358 e. The smallest absolute Gasteiger partial charge is 0.224 e. The molecule has 1 atom stereocenters. The van der Waals surface area contributed by atoms with Crippen molar-refractivity contribution in [2.75, 3.05) is 0 Å². The van der Waals surface area contributed by atoms with Gasteiger partial charge < -0.3 is 10.3 Å². The number of amides is 1. The highest BCUT2D eigenvalue weighted by Gasteiger charge is 2.23. The molecule has 4 heteroatoms. The van der Waals surface area contributed by atoms with E-state index in [0.717, 1.165) is 41.3 Å². The van der Waals surface area contributed by atoms with Crippen molar-refractivity contribution < 1.29 is 9.18 Å². The summed E-state index contributed by atoms with van der Waals surface area (Å²) in [6, 6.07) is 14.7. The first kappa shape index (κ1) is 14.9. The molecule has 1 amide bonds. The first-order valence-electron chi connectivity index (χ1n) is 8.31. The van der Waals surface area contributed by atoms with Gasteiger partial charge in [0.15, 0.2) is 0 Å². The summed E-state index contributed by atoms with van der Waals surface area (Å²) in [7, 11) is 0. The molecule has 1 aliphatic rings. The molecular weight excluding hydrogens is 303 g/mol. The number of hydrogen-bond donors (Lipinski definition) is 2. The van der Waals surface area contributed by atoms with Crippen molar-refractivity contribution in [3.8, 4) is 0 Å². The zero-order chi connectivity index (χ0) is 16.5. The maximum absolute atomic E-state index is 13.6. The number of hydrogen-bond acceptors (Lipinski definition) is 1. The number of carbonyl (C=O) groups is 1. The molecule has 2 N–H and O–H groups in total. The standard InChI is InChI=1S/C20H19FN2O/c21-14-6-8-18-16(11-14)17-12-15(7-9-19(17)23-18)22-20(24)10-13-4-2-1-3-5-13/h1-6,8,11,15,23H,7,9-10,12H2,(H,22,24). The molecule has 1 aromatic heterocycles. The van der Waals surface area contributed by atoms with E-state index >= 15 is 0 Å². The number of benzene rings is 2. The lowest BCUT2D eigenvalue weighted by molar-refractivity contribution is -0.121. The molecule has 4 rings (SSSR count). The van der Waals surface area contributed by atoms with Crippen molar-refractivity contribution in [1.82, 2.24) is 10.3 Å². The average molecular weight is 322 g/mol. The molecule has 0 saturated heterocycles. The Morgan fingerprint density at radius 3 is 2.88 bits per heavy atom. The second-order valence-corrected chi connectivity index (χ2v) is 6.44. The molecule has 2 aromatic carbocycles. The van der Waals surface area contributed by atoms with Crippen molar-refractivity contribution >= 4 is 16.8 Å². The number of aromatic nitrogens is 1. The van der Waals surface area contributed by atoms with Gasteiger partial charge in [0.25, 0.3) is 0 Å². The fraction of sp³-hybridized carbons (Fsp3) is 0.250. The van der Waals surface area contributed by atoms with Crippen LogP contribution in [0.3, 0.4) is 0 Å². The van der Waals surface area contributed by atoms with Crippen LogP contribution in [0, 0.1) is 5.82 Å². The van der Waals surface area contributed by atoms with Crippen LogP contribution in [0.2, 0.25) is 0 Å². The van der Waals surface area contributed by atoms with E-state index < -0.39 is 0 Å². The Morgan fingerprint density at radius 2 is 2.04 bits per heavy atom. The predicted molar refractivity (Wildman–Crippen MR) is 92.4 cm³/mol. The number of carbonyl (C=O) groups excluding carboxylic acids is 1. The highest BCUT2D eigenvalue weighted by atomic mass is 19.1. The van der Waals surface area contributed by atoms with E-state index in [0.29, 0.717) is 6.42 Å². The molecule has 0 bridgehead atoms. The zero-order valence-corrected chi connectivity index (χ0v) is 13.3. The Bertz CT molecular complexity index is 885. The minimum atomic E-state index is -0.223. The van der Waals surface area contributed by atoms with Crippen LogP contribution in [0.15, 0.2) is 48.5 Å². The molecule has 24 heavy (non-hydrogen) atoms. The van der Waals surface area contributed by atoms with Gasteiger partial charge in [0.1, 0.15) is 5.82 Å². The zero-order valence-electron chi connectivity index (χ0n) is 13.3. The molecule has 0 saturated carbocycles. The van der Waals surface area contributed by atoms with Crippen molar-refractivity contribution in [3.05, 3.63) is 71.2 Å². The van der Waals surface area contributed by atoms with Gasteiger partial charge in [0, 0.05) is 22.6 Å². The van der Waals surface area contributed by atoms with E-state index in [2.05, 4.69) is 10.3 Å². The van der Waals surface area contributed by atoms with Crippen LogP contribution >= 0.6 is 0 Å². The summed E-state index contributed by atoms with van der Waals surface area (Å²) in [5, 5.41) is 4.07. The highest BCUT2D eigenvalue weighted by Crippen LogP contribution is 2.29. The Morgan fingerprint density at radius 1 is 1.21 bits per heavy atom.